The molecule has 3 rings (SSSR count). The summed E-state index contributed by atoms with van der Waals surface area (Å²) >= 11 is 0. The number of aliphatic hydroxyl groups excluding tert-OH is 1. The van der Waals surface area contributed by atoms with Crippen LogP contribution in [-0.2, 0) is 0 Å². The fourth-order valence-corrected chi connectivity index (χ4v) is 4.44. The Morgan fingerprint density at radius 3 is 2.03 bits per heavy atom. The summed E-state index contributed by atoms with van der Waals surface area (Å²) in [6, 6.07) is 16.1. The van der Waals surface area contributed by atoms with E-state index in [0.717, 1.165) is 23.0 Å². The molecular weight excluding hydrogens is 384 g/mol. The van der Waals surface area contributed by atoms with Crippen LogP contribution in [0.4, 0.5) is 0 Å². The molecule has 0 bridgehead atoms. The predicted molar refractivity (Wildman–Crippen MR) is 129 cm³/mol. The molecule has 2 aromatic rings. The molecule has 1 saturated carbocycles. The molecule has 3 nitrogen and oxygen atoms in total. The van der Waals surface area contributed by atoms with E-state index in [0.29, 0.717) is 5.92 Å². The highest BCUT2D eigenvalue weighted by Gasteiger charge is 2.22. The first-order valence-electron chi connectivity index (χ1n) is 11.9. The largest absolute Gasteiger partial charge is 0.491 e. The molecule has 0 heterocycles. The van der Waals surface area contributed by atoms with E-state index in [1.165, 1.54) is 56.9 Å². The average Bonchev–Trinajstić information content (AvgIpc) is 2.83. The van der Waals surface area contributed by atoms with Gasteiger partial charge in [0.25, 0.3) is 0 Å². The lowest BCUT2D eigenvalue weighted by Crippen LogP contribution is -2.25. The van der Waals surface area contributed by atoms with Gasteiger partial charge in [-0.3, -0.25) is 0 Å². The summed E-state index contributed by atoms with van der Waals surface area (Å²) < 4.78 is 11.4. The molecule has 0 aliphatic heterocycles. The van der Waals surface area contributed by atoms with E-state index in [1.54, 1.807) is 6.08 Å². The van der Waals surface area contributed by atoms with E-state index in [-0.39, 0.29) is 13.2 Å². The molecule has 1 fully saturated rings. The molecule has 31 heavy (non-hydrogen) atoms. The molecule has 0 spiro atoms. The standard InChI is InChI=1S/C28H38O3/c1-3-5-6-7-23-8-12-24(13-9-23)25-14-18-28(19-15-25)31-21-26(29)20-30-27-16-10-22(4-2)11-17-27/h4,10-11,14-19,23-24,26,29H,2-3,5-9,12-13,20-21H2,1H3. The van der Waals surface area contributed by atoms with Gasteiger partial charge in [0.1, 0.15) is 30.8 Å². The first-order valence-corrected chi connectivity index (χ1v) is 11.9. The van der Waals surface area contributed by atoms with Crippen LogP contribution < -0.4 is 9.47 Å². The van der Waals surface area contributed by atoms with E-state index in [1.807, 2.05) is 36.4 Å². The van der Waals surface area contributed by atoms with Crippen molar-refractivity contribution in [3.8, 4) is 11.5 Å². The molecule has 1 N–H and O–H groups in total. The second kappa shape index (κ2) is 12.6. The smallest absolute Gasteiger partial charge is 0.122 e. The van der Waals surface area contributed by atoms with Gasteiger partial charge in [-0.15, -0.1) is 0 Å². The Labute approximate surface area is 188 Å². The van der Waals surface area contributed by atoms with Gasteiger partial charge < -0.3 is 14.6 Å². The molecule has 0 radical (unpaired) electrons. The average molecular weight is 423 g/mol. The fourth-order valence-electron chi connectivity index (χ4n) is 4.44. The minimum Gasteiger partial charge on any atom is -0.491 e. The van der Waals surface area contributed by atoms with Crippen molar-refractivity contribution in [2.45, 2.75) is 70.3 Å². The summed E-state index contributed by atoms with van der Waals surface area (Å²) in [5, 5.41) is 10.2. The molecule has 3 heteroatoms. The van der Waals surface area contributed by atoms with E-state index in [9.17, 15) is 5.11 Å². The minimum atomic E-state index is -0.679. The van der Waals surface area contributed by atoms with Crippen molar-refractivity contribution in [2.24, 2.45) is 5.92 Å². The zero-order chi connectivity index (χ0) is 21.9. The summed E-state index contributed by atoms with van der Waals surface area (Å²) in [5.41, 5.74) is 2.46. The lowest BCUT2D eigenvalue weighted by atomic mass is 9.77. The van der Waals surface area contributed by atoms with Gasteiger partial charge in [0.05, 0.1) is 0 Å². The van der Waals surface area contributed by atoms with Gasteiger partial charge in [-0.1, -0.05) is 69.5 Å². The molecule has 168 valence electrons. The first kappa shape index (κ1) is 23.4. The van der Waals surface area contributed by atoms with Crippen molar-refractivity contribution in [3.05, 3.63) is 66.2 Å². The highest BCUT2D eigenvalue weighted by atomic mass is 16.5. The van der Waals surface area contributed by atoms with Crippen LogP contribution in [0, 0.1) is 5.92 Å². The Morgan fingerprint density at radius 1 is 0.903 bits per heavy atom. The van der Waals surface area contributed by atoms with Crippen LogP contribution in [0.25, 0.3) is 6.08 Å². The zero-order valence-corrected chi connectivity index (χ0v) is 19.0. The molecule has 1 aliphatic rings. The van der Waals surface area contributed by atoms with Crippen molar-refractivity contribution < 1.29 is 14.6 Å². The van der Waals surface area contributed by atoms with E-state index in [4.69, 9.17) is 9.47 Å². The molecule has 1 aliphatic carbocycles. The van der Waals surface area contributed by atoms with Crippen molar-refractivity contribution in [2.75, 3.05) is 13.2 Å². The van der Waals surface area contributed by atoms with Gasteiger partial charge in [0.2, 0.25) is 0 Å². The van der Waals surface area contributed by atoms with Crippen molar-refractivity contribution in [1.82, 2.24) is 0 Å². The van der Waals surface area contributed by atoms with Gasteiger partial charge in [0.15, 0.2) is 0 Å². The zero-order valence-electron chi connectivity index (χ0n) is 19.0. The Hall–Kier alpha value is -2.26. The van der Waals surface area contributed by atoms with E-state index >= 15 is 0 Å². The number of rotatable bonds is 12. The van der Waals surface area contributed by atoms with E-state index in [2.05, 4.69) is 25.6 Å². The maximum Gasteiger partial charge on any atom is 0.122 e. The number of unbranched alkanes of at least 4 members (excludes halogenated alkanes) is 2. The van der Waals surface area contributed by atoms with Crippen molar-refractivity contribution in [1.29, 1.82) is 0 Å². The van der Waals surface area contributed by atoms with Crippen LogP contribution in [0.5, 0.6) is 11.5 Å². The monoisotopic (exact) mass is 422 g/mol. The van der Waals surface area contributed by atoms with Gasteiger partial charge in [0, 0.05) is 0 Å². The quantitative estimate of drug-likeness (QED) is 0.374. The summed E-state index contributed by atoms with van der Waals surface area (Å²) in [5.74, 6) is 3.15. The van der Waals surface area contributed by atoms with E-state index < -0.39 is 6.10 Å². The molecule has 1 unspecified atom stereocenters. The number of hydrogen-bond donors (Lipinski definition) is 1. The lowest BCUT2D eigenvalue weighted by molar-refractivity contribution is 0.0626. The van der Waals surface area contributed by atoms with Crippen LogP contribution >= 0.6 is 0 Å². The van der Waals surface area contributed by atoms with Gasteiger partial charge in [-0.05, 0) is 72.9 Å². The summed E-state index contributed by atoms with van der Waals surface area (Å²) in [6.07, 6.45) is 12.0. The molecular formula is C28H38O3. The molecule has 1 atom stereocenters. The molecule has 0 saturated heterocycles. The number of aliphatic hydroxyl groups is 1. The third-order valence-electron chi connectivity index (χ3n) is 6.41. The third kappa shape index (κ3) is 7.74. The topological polar surface area (TPSA) is 38.7 Å². The Morgan fingerprint density at radius 2 is 1.48 bits per heavy atom. The van der Waals surface area contributed by atoms with Gasteiger partial charge in [-0.2, -0.15) is 0 Å². The second-order valence-electron chi connectivity index (χ2n) is 8.83. The summed E-state index contributed by atoms with van der Waals surface area (Å²) in [4.78, 5) is 0. The van der Waals surface area contributed by atoms with Gasteiger partial charge in [-0.25, -0.2) is 0 Å². The Bertz CT molecular complexity index is 758. The SMILES string of the molecule is C=Cc1ccc(OCC(O)COc2ccc(C3CCC(CCCCC)CC3)cc2)cc1. The first-order chi connectivity index (χ1) is 15.2. The fraction of sp³-hybridized carbons (Fsp3) is 0.500. The Kier molecular flexibility index (Phi) is 9.48. The normalized spacial score (nSPS) is 19.5. The second-order valence-corrected chi connectivity index (χ2v) is 8.83. The van der Waals surface area contributed by atoms with Crippen molar-refractivity contribution >= 4 is 6.08 Å². The molecule has 2 aromatic carbocycles. The minimum absolute atomic E-state index is 0.201. The van der Waals surface area contributed by atoms with Crippen molar-refractivity contribution in [3.63, 3.8) is 0 Å². The summed E-state index contributed by atoms with van der Waals surface area (Å²) in [7, 11) is 0. The summed E-state index contributed by atoms with van der Waals surface area (Å²) in [6.45, 7) is 6.43. The van der Waals surface area contributed by atoms with Crippen LogP contribution in [-0.4, -0.2) is 24.4 Å². The lowest BCUT2D eigenvalue weighted by Gasteiger charge is -2.29. The van der Waals surface area contributed by atoms with Crippen LogP contribution in [0.1, 0.15) is 75.3 Å². The third-order valence-corrected chi connectivity index (χ3v) is 6.41. The maximum atomic E-state index is 10.2. The molecule has 0 amide bonds. The predicted octanol–water partition coefficient (Wildman–Crippen LogP) is 7.00. The number of hydrogen-bond acceptors (Lipinski definition) is 3. The Balaban J connectivity index is 1.36. The molecule has 0 aromatic heterocycles. The number of ether oxygens (including phenoxy) is 2. The van der Waals surface area contributed by atoms with Crippen LogP contribution in [0.3, 0.4) is 0 Å². The van der Waals surface area contributed by atoms with Crippen LogP contribution in [0.2, 0.25) is 0 Å². The van der Waals surface area contributed by atoms with Gasteiger partial charge >= 0.3 is 0 Å². The number of benzene rings is 2. The van der Waals surface area contributed by atoms with Crippen LogP contribution in [0.15, 0.2) is 55.1 Å². The highest BCUT2D eigenvalue weighted by Crippen LogP contribution is 2.38. The highest BCUT2D eigenvalue weighted by molar-refractivity contribution is 5.48. The maximum absolute atomic E-state index is 10.2.